The Morgan fingerprint density at radius 3 is 2.29 bits per heavy atom. The summed E-state index contributed by atoms with van der Waals surface area (Å²) >= 11 is 1.20. The van der Waals surface area contributed by atoms with Gasteiger partial charge >= 0.3 is 5.97 Å². The number of nitrogens with one attached hydrogen (secondary N) is 1. The predicted molar refractivity (Wildman–Crippen MR) is 129 cm³/mol. The van der Waals surface area contributed by atoms with Gasteiger partial charge in [0.25, 0.3) is 5.91 Å². The summed E-state index contributed by atoms with van der Waals surface area (Å²) < 4.78 is 58.6. The monoisotopic (exact) mass is 547 g/mol. The fourth-order valence-corrected chi connectivity index (χ4v) is 4.66. The first-order valence-corrected chi connectivity index (χ1v) is 11.7. The van der Waals surface area contributed by atoms with Crippen LogP contribution >= 0.6 is 11.8 Å². The Hall–Kier alpha value is -4.39. The highest BCUT2D eigenvalue weighted by Gasteiger charge is 2.40. The van der Waals surface area contributed by atoms with E-state index in [2.05, 4.69) is 0 Å². The second-order valence-corrected chi connectivity index (χ2v) is 9.24. The molecule has 1 fully saturated rings. The maximum absolute atomic E-state index is 13.7. The molecule has 13 heteroatoms. The van der Waals surface area contributed by atoms with E-state index in [9.17, 15) is 36.7 Å². The van der Waals surface area contributed by atoms with Crippen LogP contribution in [0.1, 0.15) is 16.8 Å². The van der Waals surface area contributed by atoms with Crippen molar-refractivity contribution in [2.24, 2.45) is 0 Å². The standard InChI is InChI=1S/C25H17F4N3O5S/c26-16-9-17(27)22(29)23(21(16)28)31-19(33)11-37-25(36)12-4-6-14(7-5-12)32-20(34)10-18(24(32)35)38-15-3-1-2-13(30)8-15/h1-9,18H,10-11,30H2,(H,31,33). The van der Waals surface area contributed by atoms with Crippen LogP contribution in [0.15, 0.2) is 59.5 Å². The van der Waals surface area contributed by atoms with Gasteiger partial charge in [-0.05, 0) is 42.5 Å². The van der Waals surface area contributed by atoms with Gasteiger partial charge in [-0.2, -0.15) is 0 Å². The van der Waals surface area contributed by atoms with Crippen molar-refractivity contribution in [3.8, 4) is 0 Å². The number of hydrogen-bond acceptors (Lipinski definition) is 7. The zero-order chi connectivity index (χ0) is 27.6. The average Bonchev–Trinajstić information content (AvgIpc) is 3.16. The van der Waals surface area contributed by atoms with Crippen LogP contribution in [-0.4, -0.2) is 35.5 Å². The largest absolute Gasteiger partial charge is 0.452 e. The first-order chi connectivity index (χ1) is 18.0. The molecule has 0 bridgehead atoms. The average molecular weight is 547 g/mol. The number of halogens is 4. The molecule has 3 aromatic rings. The number of amides is 3. The summed E-state index contributed by atoms with van der Waals surface area (Å²) in [5.41, 5.74) is 5.06. The van der Waals surface area contributed by atoms with Crippen LogP contribution in [0.25, 0.3) is 0 Å². The van der Waals surface area contributed by atoms with Gasteiger partial charge in [0.05, 0.1) is 16.5 Å². The summed E-state index contributed by atoms with van der Waals surface area (Å²) in [6, 6.07) is 12.0. The summed E-state index contributed by atoms with van der Waals surface area (Å²) in [7, 11) is 0. The Balaban J connectivity index is 1.36. The number of rotatable bonds is 7. The van der Waals surface area contributed by atoms with Crippen LogP contribution < -0.4 is 16.0 Å². The zero-order valence-electron chi connectivity index (χ0n) is 19.2. The molecule has 1 heterocycles. The fourth-order valence-electron chi connectivity index (χ4n) is 3.54. The van der Waals surface area contributed by atoms with E-state index in [4.69, 9.17) is 10.5 Å². The van der Waals surface area contributed by atoms with E-state index >= 15 is 0 Å². The molecule has 1 aliphatic heterocycles. The van der Waals surface area contributed by atoms with Crippen molar-refractivity contribution < 1.29 is 41.5 Å². The van der Waals surface area contributed by atoms with Crippen molar-refractivity contribution in [1.29, 1.82) is 0 Å². The molecule has 196 valence electrons. The smallest absolute Gasteiger partial charge is 0.338 e. The van der Waals surface area contributed by atoms with Crippen molar-refractivity contribution in [3.63, 3.8) is 0 Å². The predicted octanol–water partition coefficient (Wildman–Crippen LogP) is 4.04. The molecule has 1 unspecified atom stereocenters. The molecule has 3 amide bonds. The number of nitrogens with two attached hydrogens (primary N) is 1. The van der Waals surface area contributed by atoms with Gasteiger partial charge in [0, 0.05) is 23.1 Å². The minimum Gasteiger partial charge on any atom is -0.452 e. The summed E-state index contributed by atoms with van der Waals surface area (Å²) in [5.74, 6) is -10.2. The van der Waals surface area contributed by atoms with Crippen LogP contribution in [0.2, 0.25) is 0 Å². The number of hydrogen-bond donors (Lipinski definition) is 2. The maximum Gasteiger partial charge on any atom is 0.338 e. The number of esters is 1. The van der Waals surface area contributed by atoms with E-state index < -0.39 is 64.5 Å². The third-order valence-electron chi connectivity index (χ3n) is 5.31. The quantitative estimate of drug-likeness (QED) is 0.151. The molecule has 4 rings (SSSR count). The topological polar surface area (TPSA) is 119 Å². The summed E-state index contributed by atoms with van der Waals surface area (Å²) in [6.07, 6.45) is -0.0341. The second-order valence-electron chi connectivity index (χ2n) is 7.96. The lowest BCUT2D eigenvalue weighted by atomic mass is 10.2. The van der Waals surface area contributed by atoms with Crippen LogP contribution in [0.5, 0.6) is 0 Å². The van der Waals surface area contributed by atoms with Crippen molar-refractivity contribution >= 4 is 52.5 Å². The van der Waals surface area contributed by atoms with Gasteiger partial charge in [-0.1, -0.05) is 6.07 Å². The Morgan fingerprint density at radius 2 is 1.66 bits per heavy atom. The van der Waals surface area contributed by atoms with Crippen LogP contribution in [0, 0.1) is 23.3 Å². The van der Waals surface area contributed by atoms with Crippen LogP contribution in [-0.2, 0) is 19.1 Å². The van der Waals surface area contributed by atoms with E-state index in [1.807, 2.05) is 0 Å². The van der Waals surface area contributed by atoms with Gasteiger partial charge in [-0.15, -0.1) is 11.8 Å². The lowest BCUT2D eigenvalue weighted by molar-refractivity contribution is -0.121. The molecule has 0 radical (unpaired) electrons. The molecule has 1 saturated heterocycles. The molecule has 0 aromatic heterocycles. The van der Waals surface area contributed by atoms with Crippen molar-refractivity contribution in [1.82, 2.24) is 0 Å². The number of carbonyl (C=O) groups excluding carboxylic acids is 4. The van der Waals surface area contributed by atoms with Crippen LogP contribution in [0.4, 0.5) is 34.6 Å². The first-order valence-electron chi connectivity index (χ1n) is 10.8. The highest BCUT2D eigenvalue weighted by Crippen LogP contribution is 2.34. The third kappa shape index (κ3) is 5.62. The van der Waals surface area contributed by atoms with E-state index in [0.29, 0.717) is 5.69 Å². The molecule has 38 heavy (non-hydrogen) atoms. The summed E-state index contributed by atoms with van der Waals surface area (Å²) in [5, 5.41) is 0.952. The molecule has 8 nitrogen and oxygen atoms in total. The van der Waals surface area contributed by atoms with Crippen molar-refractivity contribution in [3.05, 3.63) is 83.4 Å². The highest BCUT2D eigenvalue weighted by atomic mass is 32.2. The SMILES string of the molecule is Nc1cccc(SC2CC(=O)N(c3ccc(C(=O)OCC(=O)Nc4c(F)c(F)cc(F)c4F)cc3)C2=O)c1. The molecule has 3 aromatic carbocycles. The Morgan fingerprint density at radius 1 is 1.00 bits per heavy atom. The lowest BCUT2D eigenvalue weighted by Crippen LogP contribution is -2.31. The van der Waals surface area contributed by atoms with Gasteiger partial charge in [0.15, 0.2) is 29.9 Å². The van der Waals surface area contributed by atoms with E-state index in [1.54, 1.807) is 29.6 Å². The molecule has 0 aliphatic carbocycles. The number of imide groups is 1. The molecular formula is C25H17F4N3O5S. The Labute approximate surface area is 216 Å². The van der Waals surface area contributed by atoms with Gasteiger partial charge in [0.1, 0.15) is 5.69 Å². The molecule has 0 spiro atoms. The Kier molecular flexibility index (Phi) is 7.67. The molecule has 1 aliphatic rings. The molecule has 0 saturated carbocycles. The first kappa shape index (κ1) is 26.7. The number of benzene rings is 3. The zero-order valence-corrected chi connectivity index (χ0v) is 20.0. The van der Waals surface area contributed by atoms with Gasteiger partial charge in [-0.25, -0.2) is 27.3 Å². The van der Waals surface area contributed by atoms with Crippen molar-refractivity contribution in [2.45, 2.75) is 16.6 Å². The molecule has 3 N–H and O–H groups in total. The number of carbonyl (C=O) groups is 4. The number of anilines is 3. The lowest BCUT2D eigenvalue weighted by Gasteiger charge is -2.15. The second kappa shape index (κ2) is 10.9. The van der Waals surface area contributed by atoms with Gasteiger partial charge in [0.2, 0.25) is 11.8 Å². The van der Waals surface area contributed by atoms with Crippen molar-refractivity contribution in [2.75, 3.05) is 22.6 Å². The summed E-state index contributed by atoms with van der Waals surface area (Å²) in [4.78, 5) is 51.3. The van der Waals surface area contributed by atoms with E-state index in [1.165, 1.54) is 36.0 Å². The van der Waals surface area contributed by atoms with Gasteiger partial charge in [-0.3, -0.25) is 14.4 Å². The fraction of sp³-hybridized carbons (Fsp3) is 0.120. The Bertz CT molecular complexity index is 1430. The molecular weight excluding hydrogens is 530 g/mol. The minimum absolute atomic E-state index is 0.0220. The highest BCUT2D eigenvalue weighted by molar-refractivity contribution is 8.00. The van der Waals surface area contributed by atoms with E-state index in [0.717, 1.165) is 9.80 Å². The molecule has 1 atom stereocenters. The normalized spacial score (nSPS) is 15.1. The van der Waals surface area contributed by atoms with Gasteiger partial charge < -0.3 is 15.8 Å². The minimum atomic E-state index is -1.82. The number of ether oxygens (including phenoxy) is 1. The van der Waals surface area contributed by atoms with Crippen LogP contribution in [0.3, 0.4) is 0 Å². The summed E-state index contributed by atoms with van der Waals surface area (Å²) in [6.45, 7) is -1.02. The maximum atomic E-state index is 13.7. The number of nitrogens with zero attached hydrogens (tertiary/aromatic N) is 1. The number of thioether (sulfide) groups is 1. The van der Waals surface area contributed by atoms with E-state index in [-0.39, 0.29) is 23.7 Å². The number of nitrogen functional groups attached to an aromatic ring is 1. The third-order valence-corrected chi connectivity index (χ3v) is 6.49.